The van der Waals surface area contributed by atoms with Crippen molar-refractivity contribution in [2.45, 2.75) is 25.2 Å². The van der Waals surface area contributed by atoms with Crippen LogP contribution in [0.2, 0.25) is 0 Å². The minimum atomic E-state index is -1.16. The Morgan fingerprint density at radius 2 is 2.07 bits per heavy atom. The van der Waals surface area contributed by atoms with Gasteiger partial charge in [0.1, 0.15) is 24.0 Å². The van der Waals surface area contributed by atoms with Crippen molar-refractivity contribution in [1.29, 1.82) is 0 Å². The van der Waals surface area contributed by atoms with E-state index in [0.29, 0.717) is 18.9 Å². The zero-order chi connectivity index (χ0) is 20.9. The molecular formula is C21H25FN6O2. The summed E-state index contributed by atoms with van der Waals surface area (Å²) in [6.07, 6.45) is 1.85. The van der Waals surface area contributed by atoms with Crippen LogP contribution in [-0.4, -0.2) is 77.0 Å². The highest BCUT2D eigenvalue weighted by Gasteiger charge is 2.25. The van der Waals surface area contributed by atoms with Gasteiger partial charge in [0, 0.05) is 38.8 Å². The van der Waals surface area contributed by atoms with E-state index < -0.39 is 12.1 Å². The predicted molar refractivity (Wildman–Crippen MR) is 110 cm³/mol. The van der Waals surface area contributed by atoms with Gasteiger partial charge in [-0.2, -0.15) is 0 Å². The quantitative estimate of drug-likeness (QED) is 0.625. The maximum Gasteiger partial charge on any atom is 0.270 e. The molecule has 2 aliphatic rings. The van der Waals surface area contributed by atoms with Crippen LogP contribution < -0.4 is 10.6 Å². The molecule has 2 aliphatic heterocycles. The Morgan fingerprint density at radius 1 is 1.27 bits per heavy atom. The van der Waals surface area contributed by atoms with Crippen molar-refractivity contribution < 1.29 is 14.0 Å². The summed E-state index contributed by atoms with van der Waals surface area (Å²) in [7, 11) is 0. The molecule has 3 heterocycles. The number of hydrogen-bond donors (Lipinski definition) is 2. The fourth-order valence-electron chi connectivity index (χ4n) is 3.81. The molecule has 0 aliphatic carbocycles. The first-order chi connectivity index (χ1) is 14.6. The highest BCUT2D eigenvalue weighted by atomic mass is 19.1. The van der Waals surface area contributed by atoms with E-state index in [1.54, 1.807) is 4.90 Å². The van der Waals surface area contributed by atoms with E-state index in [9.17, 15) is 14.0 Å². The first-order valence-electron chi connectivity index (χ1n) is 10.1. The van der Waals surface area contributed by atoms with E-state index in [2.05, 4.69) is 37.6 Å². The number of anilines is 1. The molecule has 1 unspecified atom stereocenters. The van der Waals surface area contributed by atoms with Crippen molar-refractivity contribution in [2.75, 3.05) is 38.0 Å². The molecule has 1 saturated heterocycles. The number of halogens is 1. The second-order valence-electron chi connectivity index (χ2n) is 7.75. The van der Waals surface area contributed by atoms with E-state index in [0.717, 1.165) is 25.9 Å². The minimum Gasteiger partial charge on any atom is -0.364 e. The SMILES string of the molecule is O=CN1CC(Nc2cc(C(=O)NCC(F)CN3CCc4ccccc4C3)ncn2)C1. The Kier molecular flexibility index (Phi) is 6.18. The van der Waals surface area contributed by atoms with Crippen molar-refractivity contribution in [1.82, 2.24) is 25.1 Å². The first-order valence-corrected chi connectivity index (χ1v) is 10.1. The summed E-state index contributed by atoms with van der Waals surface area (Å²) in [5, 5.41) is 5.77. The van der Waals surface area contributed by atoms with Gasteiger partial charge in [-0.3, -0.25) is 14.5 Å². The molecule has 0 radical (unpaired) electrons. The smallest absolute Gasteiger partial charge is 0.270 e. The third kappa shape index (κ3) is 4.91. The lowest BCUT2D eigenvalue weighted by Gasteiger charge is -2.36. The number of carbonyl (C=O) groups is 2. The summed E-state index contributed by atoms with van der Waals surface area (Å²) in [4.78, 5) is 34.8. The molecule has 30 heavy (non-hydrogen) atoms. The molecule has 1 fully saturated rings. The van der Waals surface area contributed by atoms with Crippen LogP contribution in [0.4, 0.5) is 10.2 Å². The van der Waals surface area contributed by atoms with E-state index in [4.69, 9.17) is 0 Å². The number of aromatic nitrogens is 2. The minimum absolute atomic E-state index is 0.0688. The Labute approximate surface area is 174 Å². The lowest BCUT2D eigenvalue weighted by molar-refractivity contribution is -0.121. The standard InChI is InChI=1S/C21H25FN6O2/c22-17(10-27-6-5-15-3-1-2-4-16(15)9-27)8-23-21(30)19-7-20(25-13-24-19)26-18-11-28(12-18)14-29/h1-4,7,13-14,17-18H,5-6,8-12H2,(H,23,30)(H,24,25,26). The van der Waals surface area contributed by atoms with Crippen LogP contribution in [0.1, 0.15) is 21.6 Å². The highest BCUT2D eigenvalue weighted by Crippen LogP contribution is 2.19. The van der Waals surface area contributed by atoms with Crippen LogP contribution >= 0.6 is 0 Å². The molecule has 9 heteroatoms. The van der Waals surface area contributed by atoms with Crippen LogP contribution in [0.5, 0.6) is 0 Å². The van der Waals surface area contributed by atoms with Crippen molar-refractivity contribution in [3.63, 3.8) is 0 Å². The number of nitrogens with one attached hydrogen (secondary N) is 2. The topological polar surface area (TPSA) is 90.5 Å². The third-order valence-electron chi connectivity index (χ3n) is 5.46. The van der Waals surface area contributed by atoms with Gasteiger partial charge in [-0.1, -0.05) is 24.3 Å². The lowest BCUT2D eigenvalue weighted by atomic mass is 10.00. The molecule has 1 aromatic heterocycles. The summed E-state index contributed by atoms with van der Waals surface area (Å²) >= 11 is 0. The summed E-state index contributed by atoms with van der Waals surface area (Å²) in [6, 6.07) is 9.87. The number of benzene rings is 1. The average Bonchev–Trinajstić information content (AvgIpc) is 2.74. The van der Waals surface area contributed by atoms with Crippen LogP contribution in [0.3, 0.4) is 0 Å². The zero-order valence-electron chi connectivity index (χ0n) is 16.6. The van der Waals surface area contributed by atoms with Crippen molar-refractivity contribution in [2.24, 2.45) is 0 Å². The molecule has 4 rings (SSSR count). The molecule has 2 N–H and O–H groups in total. The van der Waals surface area contributed by atoms with E-state index in [1.165, 1.54) is 23.5 Å². The fraction of sp³-hybridized carbons (Fsp3) is 0.429. The van der Waals surface area contributed by atoms with Gasteiger partial charge in [0.2, 0.25) is 6.41 Å². The van der Waals surface area contributed by atoms with Gasteiger partial charge in [-0.05, 0) is 17.5 Å². The van der Waals surface area contributed by atoms with E-state index in [-0.39, 0.29) is 24.8 Å². The number of nitrogens with zero attached hydrogens (tertiary/aromatic N) is 4. The number of amides is 2. The lowest BCUT2D eigenvalue weighted by Crippen LogP contribution is -2.53. The Bertz CT molecular complexity index is 905. The van der Waals surface area contributed by atoms with Gasteiger partial charge in [-0.15, -0.1) is 0 Å². The molecule has 8 nitrogen and oxygen atoms in total. The molecule has 2 amide bonds. The molecule has 1 atom stereocenters. The number of rotatable bonds is 8. The molecule has 0 saturated carbocycles. The number of likely N-dealkylation sites (tertiary alicyclic amines) is 1. The van der Waals surface area contributed by atoms with Crippen LogP contribution in [0.15, 0.2) is 36.7 Å². The Balaban J connectivity index is 1.23. The van der Waals surface area contributed by atoms with Crippen LogP contribution in [0, 0.1) is 0 Å². The normalized spacial score (nSPS) is 17.6. The molecule has 1 aromatic carbocycles. The molecule has 0 spiro atoms. The maximum absolute atomic E-state index is 14.5. The number of fused-ring (bicyclic) bond motifs is 1. The van der Waals surface area contributed by atoms with Gasteiger partial charge in [-0.25, -0.2) is 14.4 Å². The number of hydrogen-bond acceptors (Lipinski definition) is 6. The molecular weight excluding hydrogens is 387 g/mol. The monoisotopic (exact) mass is 412 g/mol. The van der Waals surface area contributed by atoms with Crippen LogP contribution in [0.25, 0.3) is 0 Å². The summed E-state index contributed by atoms with van der Waals surface area (Å²) in [5.74, 6) is 0.0738. The van der Waals surface area contributed by atoms with Crippen molar-refractivity contribution >= 4 is 18.1 Å². The van der Waals surface area contributed by atoms with Crippen LogP contribution in [-0.2, 0) is 17.8 Å². The third-order valence-corrected chi connectivity index (χ3v) is 5.46. The second-order valence-corrected chi connectivity index (χ2v) is 7.75. The van der Waals surface area contributed by atoms with Gasteiger partial charge in [0.25, 0.3) is 5.91 Å². The zero-order valence-corrected chi connectivity index (χ0v) is 16.6. The van der Waals surface area contributed by atoms with Gasteiger partial charge in [0.15, 0.2) is 0 Å². The average molecular weight is 412 g/mol. The summed E-state index contributed by atoms with van der Waals surface area (Å²) in [5.41, 5.74) is 2.74. The first kappa shape index (κ1) is 20.2. The highest BCUT2D eigenvalue weighted by molar-refractivity contribution is 5.92. The fourth-order valence-corrected chi connectivity index (χ4v) is 3.81. The molecule has 2 aromatic rings. The van der Waals surface area contributed by atoms with E-state index in [1.807, 2.05) is 12.1 Å². The molecule has 158 valence electrons. The summed E-state index contributed by atoms with van der Waals surface area (Å²) < 4.78 is 14.5. The van der Waals surface area contributed by atoms with Gasteiger partial charge in [0.05, 0.1) is 12.6 Å². The Hall–Kier alpha value is -3.07. The number of alkyl halides is 1. The van der Waals surface area contributed by atoms with Gasteiger partial charge >= 0.3 is 0 Å². The molecule has 0 bridgehead atoms. The number of carbonyl (C=O) groups excluding carboxylic acids is 2. The van der Waals surface area contributed by atoms with Crippen molar-refractivity contribution in [3.05, 3.63) is 53.5 Å². The van der Waals surface area contributed by atoms with E-state index >= 15 is 0 Å². The Morgan fingerprint density at radius 3 is 2.87 bits per heavy atom. The largest absolute Gasteiger partial charge is 0.364 e. The predicted octanol–water partition coefficient (Wildman–Crippen LogP) is 0.855. The maximum atomic E-state index is 14.5. The van der Waals surface area contributed by atoms with Gasteiger partial charge < -0.3 is 15.5 Å². The summed E-state index contributed by atoms with van der Waals surface area (Å²) in [6.45, 7) is 2.95. The second kappa shape index (κ2) is 9.17. The van der Waals surface area contributed by atoms with Crippen molar-refractivity contribution in [3.8, 4) is 0 Å².